The van der Waals surface area contributed by atoms with Gasteiger partial charge in [0, 0.05) is 18.7 Å². The quantitative estimate of drug-likeness (QED) is 0.887. The Morgan fingerprint density at radius 1 is 1.39 bits per heavy atom. The zero-order valence-corrected chi connectivity index (χ0v) is 10.7. The van der Waals surface area contributed by atoms with Crippen molar-refractivity contribution in [1.29, 1.82) is 0 Å². The summed E-state index contributed by atoms with van der Waals surface area (Å²) in [5.74, 6) is 0.0670. The number of benzene rings is 1. The lowest BCUT2D eigenvalue weighted by Crippen LogP contribution is -2.37. The molecule has 1 aliphatic rings. The molecule has 0 bridgehead atoms. The molecule has 4 heteroatoms. The fraction of sp³-hybridized carbons (Fsp3) is 0.214. The SMILES string of the molecule is O=C(NCc1ccsc1)C1Cc2ccccc2N1. The van der Waals surface area contributed by atoms with Gasteiger partial charge in [-0.2, -0.15) is 11.3 Å². The first kappa shape index (κ1) is 11.3. The molecular weight excluding hydrogens is 244 g/mol. The number of amides is 1. The summed E-state index contributed by atoms with van der Waals surface area (Å²) in [6.45, 7) is 0.608. The molecule has 1 aromatic carbocycles. The van der Waals surface area contributed by atoms with E-state index in [9.17, 15) is 4.79 Å². The number of carbonyl (C=O) groups excluding carboxylic acids is 1. The number of hydrogen-bond donors (Lipinski definition) is 2. The predicted molar refractivity (Wildman–Crippen MR) is 73.7 cm³/mol. The average Bonchev–Trinajstić information content (AvgIpc) is 3.04. The van der Waals surface area contributed by atoms with Crippen LogP contribution in [0.5, 0.6) is 0 Å². The number of carbonyl (C=O) groups is 1. The van der Waals surface area contributed by atoms with Gasteiger partial charge in [0.25, 0.3) is 0 Å². The Morgan fingerprint density at radius 3 is 3.06 bits per heavy atom. The minimum atomic E-state index is -0.138. The van der Waals surface area contributed by atoms with E-state index in [1.54, 1.807) is 11.3 Å². The molecule has 0 aliphatic carbocycles. The lowest BCUT2D eigenvalue weighted by Gasteiger charge is -2.11. The summed E-state index contributed by atoms with van der Waals surface area (Å²) in [6, 6.07) is 9.96. The predicted octanol–water partition coefficient (Wildman–Crippen LogP) is 2.40. The number of thiophene rings is 1. The molecule has 1 aliphatic heterocycles. The summed E-state index contributed by atoms with van der Waals surface area (Å²) in [5, 5.41) is 10.3. The average molecular weight is 258 g/mol. The molecule has 2 heterocycles. The van der Waals surface area contributed by atoms with Gasteiger partial charge in [-0.15, -0.1) is 0 Å². The van der Waals surface area contributed by atoms with E-state index in [1.807, 2.05) is 29.6 Å². The summed E-state index contributed by atoms with van der Waals surface area (Å²) in [5.41, 5.74) is 3.45. The van der Waals surface area contributed by atoms with Crippen molar-refractivity contribution in [3.8, 4) is 0 Å². The Kier molecular flexibility index (Phi) is 3.02. The van der Waals surface area contributed by atoms with Gasteiger partial charge in [-0.1, -0.05) is 18.2 Å². The third kappa shape index (κ3) is 2.24. The third-order valence-corrected chi connectivity index (χ3v) is 3.87. The molecule has 0 spiro atoms. The van der Waals surface area contributed by atoms with Gasteiger partial charge in [0.15, 0.2) is 0 Å². The van der Waals surface area contributed by atoms with Crippen LogP contribution in [0.2, 0.25) is 0 Å². The van der Waals surface area contributed by atoms with E-state index in [-0.39, 0.29) is 11.9 Å². The van der Waals surface area contributed by atoms with Gasteiger partial charge < -0.3 is 10.6 Å². The van der Waals surface area contributed by atoms with Gasteiger partial charge in [-0.05, 0) is 34.0 Å². The molecule has 3 nitrogen and oxygen atoms in total. The first-order chi connectivity index (χ1) is 8.83. The van der Waals surface area contributed by atoms with Crippen molar-refractivity contribution in [2.45, 2.75) is 19.0 Å². The molecular formula is C14H14N2OS. The number of anilines is 1. The van der Waals surface area contributed by atoms with E-state index in [1.165, 1.54) is 5.56 Å². The van der Waals surface area contributed by atoms with Crippen LogP contribution < -0.4 is 10.6 Å². The van der Waals surface area contributed by atoms with E-state index < -0.39 is 0 Å². The number of hydrogen-bond acceptors (Lipinski definition) is 3. The van der Waals surface area contributed by atoms with E-state index in [0.717, 1.165) is 17.7 Å². The molecule has 0 fully saturated rings. The summed E-state index contributed by atoms with van der Waals surface area (Å²) in [7, 11) is 0. The highest BCUT2D eigenvalue weighted by Crippen LogP contribution is 2.25. The molecule has 18 heavy (non-hydrogen) atoms. The van der Waals surface area contributed by atoms with Crippen molar-refractivity contribution in [2.75, 3.05) is 5.32 Å². The Hall–Kier alpha value is -1.81. The maximum absolute atomic E-state index is 12.0. The molecule has 1 unspecified atom stereocenters. The maximum Gasteiger partial charge on any atom is 0.243 e. The molecule has 2 aromatic rings. The second kappa shape index (κ2) is 4.82. The Morgan fingerprint density at radius 2 is 2.28 bits per heavy atom. The smallest absolute Gasteiger partial charge is 0.243 e. The fourth-order valence-corrected chi connectivity index (χ4v) is 2.83. The van der Waals surface area contributed by atoms with E-state index in [2.05, 4.69) is 22.1 Å². The van der Waals surface area contributed by atoms with Crippen molar-refractivity contribution in [2.24, 2.45) is 0 Å². The second-order valence-electron chi connectivity index (χ2n) is 4.41. The number of nitrogens with one attached hydrogen (secondary N) is 2. The summed E-state index contributed by atoms with van der Waals surface area (Å²) in [6.07, 6.45) is 0.769. The first-order valence-corrected chi connectivity index (χ1v) is 6.90. The van der Waals surface area contributed by atoms with Crippen LogP contribution in [0, 0.1) is 0 Å². The highest BCUT2D eigenvalue weighted by Gasteiger charge is 2.25. The molecule has 1 amide bonds. The van der Waals surface area contributed by atoms with E-state index in [4.69, 9.17) is 0 Å². The Bertz CT molecular complexity index is 526. The van der Waals surface area contributed by atoms with Crippen LogP contribution in [0.15, 0.2) is 41.1 Å². The lowest BCUT2D eigenvalue weighted by molar-refractivity contribution is -0.121. The van der Waals surface area contributed by atoms with Crippen molar-refractivity contribution < 1.29 is 4.79 Å². The van der Waals surface area contributed by atoms with Crippen molar-refractivity contribution in [1.82, 2.24) is 5.32 Å². The summed E-state index contributed by atoms with van der Waals surface area (Å²) < 4.78 is 0. The Balaban J connectivity index is 1.59. The van der Waals surface area contributed by atoms with E-state index >= 15 is 0 Å². The zero-order chi connectivity index (χ0) is 12.4. The molecule has 0 radical (unpaired) electrons. The number of rotatable bonds is 3. The fourth-order valence-electron chi connectivity index (χ4n) is 2.16. The van der Waals surface area contributed by atoms with Crippen LogP contribution in [0.4, 0.5) is 5.69 Å². The van der Waals surface area contributed by atoms with Crippen LogP contribution in [0.25, 0.3) is 0 Å². The highest BCUT2D eigenvalue weighted by molar-refractivity contribution is 7.07. The number of fused-ring (bicyclic) bond motifs is 1. The topological polar surface area (TPSA) is 41.1 Å². The molecule has 0 saturated carbocycles. The van der Waals surface area contributed by atoms with Crippen LogP contribution >= 0.6 is 11.3 Å². The minimum absolute atomic E-state index is 0.0670. The van der Waals surface area contributed by atoms with Crippen molar-refractivity contribution in [3.63, 3.8) is 0 Å². The monoisotopic (exact) mass is 258 g/mol. The summed E-state index contributed by atoms with van der Waals surface area (Å²) in [4.78, 5) is 12.0. The van der Waals surface area contributed by atoms with Crippen LogP contribution in [-0.4, -0.2) is 11.9 Å². The first-order valence-electron chi connectivity index (χ1n) is 5.96. The van der Waals surface area contributed by atoms with Gasteiger partial charge in [-0.25, -0.2) is 0 Å². The van der Waals surface area contributed by atoms with Crippen molar-refractivity contribution in [3.05, 3.63) is 52.2 Å². The van der Waals surface area contributed by atoms with Gasteiger partial charge >= 0.3 is 0 Å². The van der Waals surface area contributed by atoms with Gasteiger partial charge in [-0.3, -0.25) is 4.79 Å². The van der Waals surface area contributed by atoms with Gasteiger partial charge in [0.2, 0.25) is 5.91 Å². The standard InChI is InChI=1S/C14H14N2OS/c17-14(15-8-10-5-6-18-9-10)13-7-11-3-1-2-4-12(11)16-13/h1-6,9,13,16H,7-8H2,(H,15,17). The van der Waals surface area contributed by atoms with Crippen LogP contribution in [-0.2, 0) is 17.8 Å². The van der Waals surface area contributed by atoms with Crippen molar-refractivity contribution >= 4 is 22.9 Å². The molecule has 92 valence electrons. The molecule has 1 atom stereocenters. The molecule has 1 aromatic heterocycles. The number of para-hydroxylation sites is 1. The Labute approximate surface area is 110 Å². The summed E-state index contributed by atoms with van der Waals surface area (Å²) >= 11 is 1.65. The second-order valence-corrected chi connectivity index (χ2v) is 5.19. The maximum atomic E-state index is 12.0. The lowest BCUT2D eigenvalue weighted by atomic mass is 10.1. The molecule has 0 saturated heterocycles. The molecule has 2 N–H and O–H groups in total. The van der Waals surface area contributed by atoms with Gasteiger partial charge in [0.05, 0.1) is 0 Å². The minimum Gasteiger partial charge on any atom is -0.373 e. The van der Waals surface area contributed by atoms with Crippen LogP contribution in [0.3, 0.4) is 0 Å². The molecule has 3 rings (SSSR count). The highest BCUT2D eigenvalue weighted by atomic mass is 32.1. The zero-order valence-electron chi connectivity index (χ0n) is 9.85. The van der Waals surface area contributed by atoms with E-state index in [0.29, 0.717) is 6.54 Å². The third-order valence-electron chi connectivity index (χ3n) is 3.13. The van der Waals surface area contributed by atoms with Gasteiger partial charge in [0.1, 0.15) is 6.04 Å². The normalized spacial score (nSPS) is 17.0. The van der Waals surface area contributed by atoms with Crippen LogP contribution in [0.1, 0.15) is 11.1 Å². The largest absolute Gasteiger partial charge is 0.373 e.